The second-order valence-electron chi connectivity index (χ2n) is 4.62. The van der Waals surface area contributed by atoms with E-state index < -0.39 is 0 Å². The molecule has 1 rings (SSSR count). The van der Waals surface area contributed by atoms with Gasteiger partial charge in [0.05, 0.1) is 0 Å². The molecule has 1 heteroatoms. The average molecular weight is 229 g/mol. The van der Waals surface area contributed by atoms with E-state index in [9.17, 15) is 0 Å². The van der Waals surface area contributed by atoms with E-state index in [2.05, 4.69) is 56.0 Å². The van der Waals surface area contributed by atoms with Gasteiger partial charge in [-0.1, -0.05) is 50.6 Å². The Bertz CT molecular complexity index is 372. The van der Waals surface area contributed by atoms with E-state index in [0.717, 1.165) is 12.8 Å². The molecule has 0 saturated heterocycles. The molecular formula is C16H23N. The molecule has 17 heavy (non-hydrogen) atoms. The Balaban J connectivity index is 2.90. The first kappa shape index (κ1) is 13.8. The summed E-state index contributed by atoms with van der Waals surface area (Å²) in [4.78, 5) is 0. The summed E-state index contributed by atoms with van der Waals surface area (Å²) in [5.74, 6) is 7.03. The molecule has 1 aromatic carbocycles. The smallest absolute Gasteiger partial charge is 0.0247 e. The van der Waals surface area contributed by atoms with Crippen molar-refractivity contribution in [3.8, 4) is 11.8 Å². The van der Waals surface area contributed by atoms with E-state index in [0.29, 0.717) is 11.8 Å². The molecule has 0 bridgehead atoms. The quantitative estimate of drug-likeness (QED) is 0.768. The molecule has 1 aromatic rings. The van der Waals surface area contributed by atoms with Gasteiger partial charge in [-0.05, 0) is 18.4 Å². The van der Waals surface area contributed by atoms with Crippen LogP contribution in [0.3, 0.4) is 0 Å². The van der Waals surface area contributed by atoms with Gasteiger partial charge < -0.3 is 5.73 Å². The van der Waals surface area contributed by atoms with Crippen LogP contribution in [0.1, 0.15) is 45.1 Å². The van der Waals surface area contributed by atoms with E-state index in [1.54, 1.807) is 0 Å². The van der Waals surface area contributed by atoms with Crippen molar-refractivity contribution in [2.75, 3.05) is 0 Å². The molecule has 0 aromatic heterocycles. The molecule has 0 saturated carbocycles. The molecule has 92 valence electrons. The third-order valence-corrected chi connectivity index (χ3v) is 3.42. The van der Waals surface area contributed by atoms with Crippen molar-refractivity contribution in [2.24, 2.45) is 11.7 Å². The van der Waals surface area contributed by atoms with E-state index in [1.165, 1.54) is 5.56 Å². The number of hydrogen-bond acceptors (Lipinski definition) is 1. The molecular weight excluding hydrogens is 206 g/mol. The maximum Gasteiger partial charge on any atom is 0.0247 e. The second kappa shape index (κ2) is 7.14. The van der Waals surface area contributed by atoms with Crippen LogP contribution < -0.4 is 5.73 Å². The summed E-state index contributed by atoms with van der Waals surface area (Å²) in [5, 5.41) is 0. The summed E-state index contributed by atoms with van der Waals surface area (Å²) in [5.41, 5.74) is 7.65. The lowest BCUT2D eigenvalue weighted by molar-refractivity contribution is 0.385. The first-order valence-corrected chi connectivity index (χ1v) is 6.40. The van der Waals surface area contributed by atoms with Gasteiger partial charge in [-0.25, -0.2) is 0 Å². The molecule has 1 nitrogen and oxygen atoms in total. The lowest BCUT2D eigenvalue weighted by atomic mass is 9.79. The largest absolute Gasteiger partial charge is 0.326 e. The predicted octanol–water partition coefficient (Wildman–Crippen LogP) is 3.56. The highest BCUT2D eigenvalue weighted by Crippen LogP contribution is 2.30. The van der Waals surface area contributed by atoms with Gasteiger partial charge in [0.1, 0.15) is 0 Å². The van der Waals surface area contributed by atoms with Gasteiger partial charge in [0.25, 0.3) is 0 Å². The maximum absolute atomic E-state index is 6.31. The molecule has 0 aliphatic carbocycles. The Morgan fingerprint density at radius 2 is 1.88 bits per heavy atom. The lowest BCUT2D eigenvalue weighted by Gasteiger charge is -2.28. The second-order valence-corrected chi connectivity index (χ2v) is 4.62. The fourth-order valence-electron chi connectivity index (χ4n) is 2.27. The monoisotopic (exact) mass is 229 g/mol. The highest BCUT2D eigenvalue weighted by atomic mass is 14.7. The topological polar surface area (TPSA) is 26.0 Å². The number of benzene rings is 1. The van der Waals surface area contributed by atoms with Crippen molar-refractivity contribution in [3.63, 3.8) is 0 Å². The third-order valence-electron chi connectivity index (χ3n) is 3.42. The first-order chi connectivity index (χ1) is 8.20. The minimum Gasteiger partial charge on any atom is -0.326 e. The summed E-state index contributed by atoms with van der Waals surface area (Å²) < 4.78 is 0. The molecule has 0 aliphatic heterocycles. The summed E-state index contributed by atoms with van der Waals surface area (Å²) in [6.07, 6.45) is 1.92. The first-order valence-electron chi connectivity index (χ1n) is 6.40. The third kappa shape index (κ3) is 3.91. The van der Waals surface area contributed by atoms with Crippen molar-refractivity contribution in [2.45, 2.75) is 45.6 Å². The summed E-state index contributed by atoms with van der Waals surface area (Å²) in [6.45, 7) is 6.36. The Kier molecular flexibility index (Phi) is 5.80. The van der Waals surface area contributed by atoms with Crippen molar-refractivity contribution in [1.82, 2.24) is 0 Å². The van der Waals surface area contributed by atoms with Gasteiger partial charge in [0, 0.05) is 18.4 Å². The number of rotatable bonds is 5. The van der Waals surface area contributed by atoms with Gasteiger partial charge >= 0.3 is 0 Å². The Morgan fingerprint density at radius 3 is 2.41 bits per heavy atom. The molecule has 0 spiro atoms. The Labute approximate surface area is 105 Å². The van der Waals surface area contributed by atoms with Crippen LogP contribution >= 0.6 is 0 Å². The van der Waals surface area contributed by atoms with Crippen LogP contribution in [0.15, 0.2) is 30.3 Å². The van der Waals surface area contributed by atoms with E-state index in [-0.39, 0.29) is 6.04 Å². The van der Waals surface area contributed by atoms with Crippen LogP contribution in [0.25, 0.3) is 0 Å². The van der Waals surface area contributed by atoms with Crippen LogP contribution in [0.5, 0.6) is 0 Å². The van der Waals surface area contributed by atoms with E-state index in [1.807, 2.05) is 6.92 Å². The molecule has 0 amide bonds. The van der Waals surface area contributed by atoms with Crippen LogP contribution in [0.4, 0.5) is 0 Å². The van der Waals surface area contributed by atoms with Crippen LogP contribution in [0.2, 0.25) is 0 Å². The molecule has 0 heterocycles. The fourth-order valence-corrected chi connectivity index (χ4v) is 2.27. The molecule has 3 atom stereocenters. The van der Waals surface area contributed by atoms with Gasteiger partial charge in [-0.3, -0.25) is 0 Å². The number of nitrogens with two attached hydrogens (primary N) is 1. The molecule has 2 N–H and O–H groups in total. The minimum atomic E-state index is 0.125. The summed E-state index contributed by atoms with van der Waals surface area (Å²) in [6, 6.07) is 10.7. The predicted molar refractivity (Wildman–Crippen MR) is 74.7 cm³/mol. The van der Waals surface area contributed by atoms with Gasteiger partial charge in [0.15, 0.2) is 0 Å². The van der Waals surface area contributed by atoms with Gasteiger partial charge in [-0.15, -0.1) is 11.8 Å². The van der Waals surface area contributed by atoms with Gasteiger partial charge in [-0.2, -0.15) is 0 Å². The average Bonchev–Trinajstić information content (AvgIpc) is 2.37. The zero-order chi connectivity index (χ0) is 12.7. The lowest BCUT2D eigenvalue weighted by Crippen LogP contribution is -2.32. The highest BCUT2D eigenvalue weighted by Gasteiger charge is 2.23. The van der Waals surface area contributed by atoms with E-state index in [4.69, 9.17) is 5.73 Å². The highest BCUT2D eigenvalue weighted by molar-refractivity contribution is 5.22. The van der Waals surface area contributed by atoms with Crippen molar-refractivity contribution in [1.29, 1.82) is 0 Å². The minimum absolute atomic E-state index is 0.125. The summed E-state index contributed by atoms with van der Waals surface area (Å²) >= 11 is 0. The standard InChI is InChI=1S/C16H23N/c1-4-6-12-15(17)16(13(3)5-2)14-10-8-7-9-11-14/h7-11,13,15-16H,5,12,17H2,1-3H3. The zero-order valence-electron chi connectivity index (χ0n) is 11.1. The van der Waals surface area contributed by atoms with Crippen molar-refractivity contribution < 1.29 is 0 Å². The van der Waals surface area contributed by atoms with Gasteiger partial charge in [0.2, 0.25) is 0 Å². The molecule has 0 aliphatic rings. The number of hydrogen-bond donors (Lipinski definition) is 1. The normalized spacial score (nSPS) is 15.5. The summed E-state index contributed by atoms with van der Waals surface area (Å²) in [7, 11) is 0. The SMILES string of the molecule is CC#CCC(N)C(c1ccccc1)C(C)CC. The Hall–Kier alpha value is -1.26. The molecule has 0 radical (unpaired) electrons. The van der Waals surface area contributed by atoms with Crippen molar-refractivity contribution in [3.05, 3.63) is 35.9 Å². The zero-order valence-corrected chi connectivity index (χ0v) is 11.1. The van der Waals surface area contributed by atoms with Crippen LogP contribution in [0, 0.1) is 17.8 Å². The van der Waals surface area contributed by atoms with Crippen LogP contribution in [-0.4, -0.2) is 6.04 Å². The fraction of sp³-hybridized carbons (Fsp3) is 0.500. The molecule has 0 fully saturated rings. The molecule has 3 unspecified atom stereocenters. The Morgan fingerprint density at radius 1 is 1.24 bits per heavy atom. The van der Waals surface area contributed by atoms with Crippen molar-refractivity contribution >= 4 is 0 Å². The van der Waals surface area contributed by atoms with Crippen LogP contribution in [-0.2, 0) is 0 Å². The maximum atomic E-state index is 6.31. The van der Waals surface area contributed by atoms with E-state index >= 15 is 0 Å².